The molecule has 5 N–H and O–H groups in total. The third kappa shape index (κ3) is 3.99. The number of nitrogens with zero attached hydrogens (tertiary/aromatic N) is 2. The van der Waals surface area contributed by atoms with E-state index in [0.717, 1.165) is 11.3 Å². The Morgan fingerprint density at radius 2 is 1.77 bits per heavy atom. The maximum Gasteiger partial charge on any atom is 0.404 e. The van der Waals surface area contributed by atoms with Crippen LogP contribution in [0.5, 0.6) is 0 Å². The Labute approximate surface area is 149 Å². The number of anilines is 2. The van der Waals surface area contributed by atoms with Crippen molar-refractivity contribution in [2.45, 2.75) is 6.54 Å². The molecule has 0 unspecified atom stereocenters. The smallest absolute Gasteiger partial charge is 0.404 e. The highest BCUT2D eigenvalue weighted by Gasteiger charge is 2.12. The molecule has 0 radical (unpaired) electrons. The van der Waals surface area contributed by atoms with Gasteiger partial charge in [0.05, 0.1) is 17.6 Å². The predicted octanol–water partition coefficient (Wildman–Crippen LogP) is 2.47. The van der Waals surface area contributed by atoms with E-state index in [1.54, 1.807) is 35.1 Å². The summed E-state index contributed by atoms with van der Waals surface area (Å²) in [6.45, 7) is 0.172. The van der Waals surface area contributed by atoms with Gasteiger partial charge in [0, 0.05) is 12.1 Å². The van der Waals surface area contributed by atoms with Crippen LogP contribution < -0.4 is 16.4 Å². The number of carboxylic acid groups (broad SMARTS) is 1. The predicted molar refractivity (Wildman–Crippen MR) is 97.2 cm³/mol. The van der Waals surface area contributed by atoms with E-state index in [1.165, 1.54) is 0 Å². The van der Waals surface area contributed by atoms with Crippen LogP contribution in [0.15, 0.2) is 60.8 Å². The maximum atomic E-state index is 12.4. The molecule has 0 saturated carbocycles. The van der Waals surface area contributed by atoms with E-state index >= 15 is 0 Å². The van der Waals surface area contributed by atoms with Gasteiger partial charge in [-0.1, -0.05) is 30.3 Å². The van der Waals surface area contributed by atoms with Gasteiger partial charge in [-0.3, -0.25) is 4.79 Å². The Kier molecular flexibility index (Phi) is 4.84. The van der Waals surface area contributed by atoms with E-state index in [-0.39, 0.29) is 18.3 Å². The lowest BCUT2D eigenvalue weighted by molar-refractivity contribution is 0.102. The average Bonchev–Trinajstić information content (AvgIpc) is 3.01. The summed E-state index contributed by atoms with van der Waals surface area (Å²) in [6.07, 6.45) is 0.530. The Bertz CT molecular complexity index is 920. The molecule has 0 spiro atoms. The first-order chi connectivity index (χ1) is 12.5. The molecule has 0 aliphatic carbocycles. The number of para-hydroxylation sites is 1. The molecular formula is C18H17N5O3. The average molecular weight is 351 g/mol. The van der Waals surface area contributed by atoms with Crippen molar-refractivity contribution in [2.24, 2.45) is 0 Å². The topological polar surface area (TPSA) is 122 Å². The van der Waals surface area contributed by atoms with Crippen molar-refractivity contribution >= 4 is 23.5 Å². The molecule has 0 saturated heterocycles. The van der Waals surface area contributed by atoms with Crippen molar-refractivity contribution in [3.8, 4) is 5.69 Å². The molecule has 1 heterocycles. The van der Waals surface area contributed by atoms with Crippen LogP contribution in [-0.2, 0) is 6.54 Å². The molecule has 2 aromatic carbocycles. The van der Waals surface area contributed by atoms with Gasteiger partial charge in [-0.25, -0.2) is 9.48 Å². The molecule has 8 heteroatoms. The molecule has 2 amide bonds. The highest BCUT2D eigenvalue weighted by atomic mass is 16.4. The van der Waals surface area contributed by atoms with Gasteiger partial charge in [-0.05, 0) is 29.8 Å². The summed E-state index contributed by atoms with van der Waals surface area (Å²) in [5.74, 6) is -0.0803. The lowest BCUT2D eigenvalue weighted by Crippen LogP contribution is -2.20. The lowest BCUT2D eigenvalue weighted by Gasteiger charge is -2.05. The summed E-state index contributed by atoms with van der Waals surface area (Å²) in [4.78, 5) is 22.9. The number of benzene rings is 2. The Balaban J connectivity index is 1.70. The molecule has 0 aliphatic heterocycles. The molecule has 8 nitrogen and oxygen atoms in total. The van der Waals surface area contributed by atoms with Gasteiger partial charge in [0.15, 0.2) is 5.82 Å². The number of nitrogen functional groups attached to an aromatic ring is 1. The van der Waals surface area contributed by atoms with E-state index in [2.05, 4.69) is 15.7 Å². The van der Waals surface area contributed by atoms with Crippen LogP contribution in [0.2, 0.25) is 0 Å². The fourth-order valence-corrected chi connectivity index (χ4v) is 2.33. The second-order valence-corrected chi connectivity index (χ2v) is 5.52. The van der Waals surface area contributed by atoms with Gasteiger partial charge in [-0.2, -0.15) is 0 Å². The first-order valence-corrected chi connectivity index (χ1v) is 7.80. The molecule has 1 aromatic heterocycles. The van der Waals surface area contributed by atoms with Gasteiger partial charge in [-0.15, -0.1) is 5.10 Å². The van der Waals surface area contributed by atoms with E-state index in [9.17, 15) is 9.59 Å². The van der Waals surface area contributed by atoms with Gasteiger partial charge in [0.25, 0.3) is 5.91 Å². The van der Waals surface area contributed by atoms with Crippen molar-refractivity contribution in [3.63, 3.8) is 0 Å². The molecule has 3 rings (SSSR count). The Hall–Kier alpha value is -3.81. The number of nitrogens with one attached hydrogen (secondary N) is 2. The Morgan fingerprint density at radius 3 is 2.42 bits per heavy atom. The van der Waals surface area contributed by atoms with E-state index in [1.807, 2.05) is 30.3 Å². The second-order valence-electron chi connectivity index (χ2n) is 5.52. The number of rotatable bonds is 5. The molecule has 132 valence electrons. The van der Waals surface area contributed by atoms with Crippen LogP contribution in [0.4, 0.5) is 16.3 Å². The largest absolute Gasteiger partial charge is 0.465 e. The number of hydrogen-bond acceptors (Lipinski definition) is 4. The van der Waals surface area contributed by atoms with Crippen molar-refractivity contribution in [2.75, 3.05) is 11.1 Å². The van der Waals surface area contributed by atoms with Crippen LogP contribution in [-0.4, -0.2) is 26.9 Å². The van der Waals surface area contributed by atoms with E-state index in [4.69, 9.17) is 10.8 Å². The van der Waals surface area contributed by atoms with Crippen LogP contribution in [0, 0.1) is 0 Å². The number of amides is 2. The van der Waals surface area contributed by atoms with Crippen molar-refractivity contribution in [1.82, 2.24) is 15.1 Å². The fraction of sp³-hybridized carbons (Fsp3) is 0.0556. The molecule has 26 heavy (non-hydrogen) atoms. The summed E-state index contributed by atoms with van der Waals surface area (Å²) < 4.78 is 1.59. The van der Waals surface area contributed by atoms with Gasteiger partial charge in [0.2, 0.25) is 0 Å². The fourth-order valence-electron chi connectivity index (χ4n) is 2.33. The summed E-state index contributed by atoms with van der Waals surface area (Å²) in [5.41, 5.74) is 8.28. The van der Waals surface area contributed by atoms with Crippen LogP contribution >= 0.6 is 0 Å². The van der Waals surface area contributed by atoms with Crippen molar-refractivity contribution in [1.29, 1.82) is 0 Å². The zero-order valence-corrected chi connectivity index (χ0v) is 13.7. The van der Waals surface area contributed by atoms with Crippen LogP contribution in [0.25, 0.3) is 5.69 Å². The quantitative estimate of drug-likeness (QED) is 0.562. The third-order valence-electron chi connectivity index (χ3n) is 3.66. The van der Waals surface area contributed by atoms with Crippen molar-refractivity contribution < 1.29 is 14.7 Å². The SMILES string of the molecule is Nc1cn(-c2ccccc2)nc1NC(=O)c1ccc(CNC(=O)O)cc1. The first kappa shape index (κ1) is 17.0. The minimum Gasteiger partial charge on any atom is -0.465 e. The highest BCUT2D eigenvalue weighted by Crippen LogP contribution is 2.19. The Morgan fingerprint density at radius 1 is 1.08 bits per heavy atom. The zero-order chi connectivity index (χ0) is 18.5. The van der Waals surface area contributed by atoms with Gasteiger partial charge in [0.1, 0.15) is 0 Å². The van der Waals surface area contributed by atoms with Crippen LogP contribution in [0.3, 0.4) is 0 Å². The normalized spacial score (nSPS) is 10.3. The lowest BCUT2D eigenvalue weighted by atomic mass is 10.1. The third-order valence-corrected chi connectivity index (χ3v) is 3.66. The monoisotopic (exact) mass is 351 g/mol. The molecule has 0 bridgehead atoms. The summed E-state index contributed by atoms with van der Waals surface area (Å²) >= 11 is 0. The van der Waals surface area contributed by atoms with Gasteiger partial charge >= 0.3 is 6.09 Å². The maximum absolute atomic E-state index is 12.4. The summed E-state index contributed by atoms with van der Waals surface area (Å²) in [5, 5.41) is 17.8. The molecule has 0 aliphatic rings. The summed E-state index contributed by atoms with van der Waals surface area (Å²) in [6, 6.07) is 16.0. The highest BCUT2D eigenvalue weighted by molar-refractivity contribution is 6.05. The van der Waals surface area contributed by atoms with E-state index in [0.29, 0.717) is 11.3 Å². The number of carbonyl (C=O) groups excluding carboxylic acids is 1. The zero-order valence-electron chi connectivity index (χ0n) is 13.7. The molecular weight excluding hydrogens is 334 g/mol. The number of hydrogen-bond donors (Lipinski definition) is 4. The summed E-state index contributed by atoms with van der Waals surface area (Å²) in [7, 11) is 0. The second kappa shape index (κ2) is 7.39. The van der Waals surface area contributed by atoms with Crippen molar-refractivity contribution in [3.05, 3.63) is 71.9 Å². The standard InChI is InChI=1S/C18H17N5O3/c19-15-11-23(14-4-2-1-3-5-14)22-16(15)21-17(24)13-8-6-12(7-9-13)10-20-18(25)26/h1-9,11,20H,10,19H2,(H,25,26)(H,21,22,24). The van der Waals surface area contributed by atoms with E-state index < -0.39 is 6.09 Å². The molecule has 3 aromatic rings. The minimum absolute atomic E-state index is 0.172. The number of aromatic nitrogens is 2. The molecule has 0 atom stereocenters. The number of nitrogens with two attached hydrogens (primary N) is 1. The van der Waals surface area contributed by atoms with Gasteiger partial charge < -0.3 is 21.5 Å². The number of carbonyl (C=O) groups is 2. The first-order valence-electron chi connectivity index (χ1n) is 7.80. The molecule has 0 fully saturated rings. The van der Waals surface area contributed by atoms with Crippen LogP contribution in [0.1, 0.15) is 15.9 Å². The minimum atomic E-state index is -1.10.